The zero-order chi connectivity index (χ0) is 45.9. The summed E-state index contributed by atoms with van der Waals surface area (Å²) in [6.07, 6.45) is 10.4. The Morgan fingerprint density at radius 3 is 2.62 bits per heavy atom. The van der Waals surface area contributed by atoms with Crippen molar-refractivity contribution in [2.24, 2.45) is 22.9 Å². The number of allylic oxidation sites excluding steroid dienone is 1. The zero-order valence-electron chi connectivity index (χ0n) is 38.0. The average molecular weight is 923 g/mol. The van der Waals surface area contributed by atoms with Crippen LogP contribution >= 0.6 is 11.6 Å². The first kappa shape index (κ1) is 47.5. The molecule has 0 spiro atoms. The van der Waals surface area contributed by atoms with E-state index >= 15 is 0 Å². The minimum absolute atomic E-state index is 0.00688. The first-order chi connectivity index (χ1) is 32.4. The second-order valence-electron chi connectivity index (χ2n) is 17.8. The van der Waals surface area contributed by atoms with Crippen molar-refractivity contribution in [1.82, 2.24) is 9.88 Å². The topological polar surface area (TPSA) is 141 Å². The predicted octanol–water partition coefficient (Wildman–Crippen LogP) is 10.2. The van der Waals surface area contributed by atoms with Gasteiger partial charge in [-0.15, -0.1) is 18.2 Å². The summed E-state index contributed by atoms with van der Waals surface area (Å²) in [6.45, 7) is 7.41. The number of nitrogens with zero attached hydrogens (tertiary/aromatic N) is 3. The highest BCUT2D eigenvalue weighted by molar-refractivity contribution is 6.18. The molecule has 4 aromatic rings. The Hall–Kier alpha value is -4.98. The van der Waals surface area contributed by atoms with Gasteiger partial charge >= 0.3 is 6.09 Å². The van der Waals surface area contributed by atoms with Gasteiger partial charge in [0.1, 0.15) is 30.8 Å². The highest BCUT2D eigenvalue weighted by atomic mass is 35.5. The van der Waals surface area contributed by atoms with Gasteiger partial charge in [-0.25, -0.2) is 4.79 Å². The summed E-state index contributed by atoms with van der Waals surface area (Å²) in [5.41, 5.74) is 5.23. The maximum Gasteiger partial charge on any atom is 0.410 e. The van der Waals surface area contributed by atoms with E-state index in [9.17, 15) is 15.0 Å². The van der Waals surface area contributed by atoms with Crippen LogP contribution < -0.4 is 9.47 Å². The van der Waals surface area contributed by atoms with Crippen LogP contribution in [0.4, 0.5) is 4.79 Å². The smallest absolute Gasteiger partial charge is 0.410 e. The van der Waals surface area contributed by atoms with Gasteiger partial charge in [-0.05, 0) is 110 Å². The Morgan fingerprint density at radius 1 is 1.02 bits per heavy atom. The molecule has 352 valence electrons. The molecular weight excluding hydrogens is 858 g/mol. The van der Waals surface area contributed by atoms with Crippen LogP contribution in [0.25, 0.3) is 10.8 Å². The molecule has 7 atom stereocenters. The monoisotopic (exact) mass is 921 g/mol. The number of unbranched alkanes of at least 4 members (excludes halogenated alkanes) is 2. The number of ether oxygens (including phenoxy) is 5. The molecule has 8 rings (SSSR count). The molecular formula is C53H64ClN3O9. The van der Waals surface area contributed by atoms with Crippen LogP contribution in [0.5, 0.6) is 11.5 Å². The Kier molecular flexibility index (Phi) is 16.3. The van der Waals surface area contributed by atoms with Crippen molar-refractivity contribution in [1.29, 1.82) is 0 Å². The molecule has 4 aliphatic rings. The molecule has 0 radical (unpaired) electrons. The van der Waals surface area contributed by atoms with Crippen LogP contribution in [0.3, 0.4) is 0 Å². The van der Waals surface area contributed by atoms with E-state index in [0.29, 0.717) is 43.1 Å². The molecule has 3 aromatic carbocycles. The highest BCUT2D eigenvalue weighted by Crippen LogP contribution is 2.62. The van der Waals surface area contributed by atoms with Crippen LogP contribution in [0.2, 0.25) is 0 Å². The molecule has 12 nitrogen and oxygen atoms in total. The number of benzene rings is 3. The minimum atomic E-state index is -1.48. The fraction of sp³-hybridized carbons (Fsp3) is 0.491. The number of oxime groups is 1. The van der Waals surface area contributed by atoms with Crippen LogP contribution in [0, 0.1) is 24.7 Å². The summed E-state index contributed by atoms with van der Waals surface area (Å²) in [6, 6.07) is 25.3. The lowest BCUT2D eigenvalue weighted by molar-refractivity contribution is -0.256. The molecule has 3 heterocycles. The van der Waals surface area contributed by atoms with E-state index < -0.39 is 30.1 Å². The van der Waals surface area contributed by atoms with Crippen LogP contribution in [-0.4, -0.2) is 88.9 Å². The summed E-state index contributed by atoms with van der Waals surface area (Å²) in [4.78, 5) is 27.6. The number of carbonyl (C=O) groups is 1. The largest absolute Gasteiger partial charge is 0.487 e. The predicted molar refractivity (Wildman–Crippen MR) is 254 cm³/mol. The van der Waals surface area contributed by atoms with Gasteiger partial charge in [0, 0.05) is 43.2 Å². The number of aryl methyl sites for hydroxylation is 1. The molecule has 1 unspecified atom stereocenters. The Balaban J connectivity index is 1.33. The van der Waals surface area contributed by atoms with E-state index in [1.165, 1.54) is 0 Å². The lowest BCUT2D eigenvalue weighted by Gasteiger charge is -2.60. The van der Waals surface area contributed by atoms with Crippen molar-refractivity contribution >= 4 is 34.2 Å². The molecule has 66 heavy (non-hydrogen) atoms. The highest BCUT2D eigenvalue weighted by Gasteiger charge is 2.66. The second kappa shape index (κ2) is 22.7. The summed E-state index contributed by atoms with van der Waals surface area (Å²) in [5.74, 6) is -0.735. The molecule has 13 heteroatoms. The van der Waals surface area contributed by atoms with Gasteiger partial charge in [-0.2, -0.15) is 0 Å². The third-order valence-electron chi connectivity index (χ3n) is 13.5. The number of rotatable bonds is 21. The normalized spacial score (nSPS) is 25.0. The SMILES string of the molecule is C=CCO[C@@]12Oc3ccc(OCc4cccc(C)n4)cc3[C@H]3[C@H](CCCCO)[C@@H](CCCCO)C=C(C(=NOC4CCCCO4)C[C@@H]1N(Cc1cccc4ccccc14)C(=O)OCCCl)[C@H]32. The fourth-order valence-corrected chi connectivity index (χ4v) is 10.7. The molecule has 1 saturated carbocycles. The summed E-state index contributed by atoms with van der Waals surface area (Å²) in [7, 11) is 0. The van der Waals surface area contributed by atoms with E-state index in [2.05, 4.69) is 41.9 Å². The number of hydrogen-bond acceptors (Lipinski definition) is 11. The van der Waals surface area contributed by atoms with Gasteiger partial charge in [0.15, 0.2) is 0 Å². The molecule has 2 aliphatic carbocycles. The number of aliphatic hydroxyl groups excluding tert-OH is 2. The Labute approximate surface area is 393 Å². The molecule has 1 amide bonds. The van der Waals surface area contributed by atoms with E-state index in [4.69, 9.17) is 45.3 Å². The fourth-order valence-electron chi connectivity index (χ4n) is 10.6. The maximum atomic E-state index is 14.9. The number of alkyl halides is 1. The van der Waals surface area contributed by atoms with E-state index in [-0.39, 0.29) is 69.6 Å². The zero-order valence-corrected chi connectivity index (χ0v) is 38.8. The number of aromatic nitrogens is 1. The van der Waals surface area contributed by atoms with Crippen molar-refractivity contribution < 1.29 is 43.5 Å². The number of aliphatic hydroxyl groups is 2. The molecule has 1 aromatic heterocycles. The standard InChI is InChI=1S/C53H64ClN3O9/c1-3-28-64-53-48(57(52(60)62-30-25-54)34-39-18-13-17-37-15-4-5-20-42(37)39)33-46(56-66-49-22-8-11-29-61-49)44-31-38(16-6-9-26-58)43(21-7-10-27-59)50(51(44)53)45-32-41(23-24-47(45)65-53)63-35-40-19-12-14-36(2)55-40/h3-5,12-15,17-20,23-24,31-32,38,43,48-51,58-59H,1,6-11,16,21-22,25-30,33-35H2,2H3/t38-,43+,48-,49?,50+,51+,53+/m0/s1. The lowest BCUT2D eigenvalue weighted by atomic mass is 9.55. The second-order valence-corrected chi connectivity index (χ2v) is 18.2. The number of halogens is 1. The summed E-state index contributed by atoms with van der Waals surface area (Å²) < 4.78 is 33.2. The molecule has 1 saturated heterocycles. The molecule has 0 bridgehead atoms. The van der Waals surface area contributed by atoms with Crippen LogP contribution in [0.1, 0.15) is 92.6 Å². The number of fused-ring (bicyclic) bond motifs is 3. The van der Waals surface area contributed by atoms with Gasteiger partial charge in [0.05, 0.1) is 43.0 Å². The van der Waals surface area contributed by atoms with Crippen molar-refractivity contribution in [3.05, 3.63) is 126 Å². The van der Waals surface area contributed by atoms with Crippen LogP contribution in [-0.2, 0) is 32.2 Å². The number of amides is 1. The Bertz CT molecular complexity index is 2330. The van der Waals surface area contributed by atoms with Gasteiger partial charge in [0.2, 0.25) is 12.1 Å². The Morgan fingerprint density at radius 2 is 1.83 bits per heavy atom. The minimum Gasteiger partial charge on any atom is -0.487 e. The summed E-state index contributed by atoms with van der Waals surface area (Å²) in [5, 5.41) is 27.1. The van der Waals surface area contributed by atoms with Gasteiger partial charge < -0.3 is 38.7 Å². The van der Waals surface area contributed by atoms with Crippen molar-refractivity contribution in [2.75, 3.05) is 38.9 Å². The summed E-state index contributed by atoms with van der Waals surface area (Å²) >= 11 is 6.19. The number of carbonyl (C=O) groups excluding carboxylic acids is 1. The number of hydrogen-bond donors (Lipinski definition) is 2. The van der Waals surface area contributed by atoms with E-state index in [1.807, 2.05) is 61.5 Å². The van der Waals surface area contributed by atoms with Gasteiger partial charge in [-0.3, -0.25) is 9.88 Å². The molecule has 2 fully saturated rings. The third kappa shape index (κ3) is 10.6. The van der Waals surface area contributed by atoms with Crippen molar-refractivity contribution in [3.63, 3.8) is 0 Å². The lowest BCUT2D eigenvalue weighted by Crippen LogP contribution is -2.70. The average Bonchev–Trinajstić information content (AvgIpc) is 3.34. The molecule has 2 aliphatic heterocycles. The van der Waals surface area contributed by atoms with Crippen molar-refractivity contribution in [3.8, 4) is 11.5 Å². The molecule has 2 N–H and O–H groups in total. The van der Waals surface area contributed by atoms with Crippen LogP contribution in [0.15, 0.2) is 108 Å². The maximum absolute atomic E-state index is 14.9. The van der Waals surface area contributed by atoms with Gasteiger partial charge in [-0.1, -0.05) is 78.7 Å². The van der Waals surface area contributed by atoms with E-state index in [1.54, 1.807) is 11.0 Å². The number of pyridine rings is 1. The quantitative estimate of drug-likeness (QED) is 0.0359. The van der Waals surface area contributed by atoms with Gasteiger partial charge in [0.25, 0.3) is 0 Å². The van der Waals surface area contributed by atoms with Crippen molar-refractivity contribution in [2.45, 2.75) is 108 Å². The first-order valence-electron chi connectivity index (χ1n) is 23.7. The third-order valence-corrected chi connectivity index (χ3v) is 13.7. The van der Waals surface area contributed by atoms with E-state index in [0.717, 1.165) is 77.4 Å². The first-order valence-corrected chi connectivity index (χ1v) is 24.3.